The highest BCUT2D eigenvalue weighted by molar-refractivity contribution is 6.35. The Labute approximate surface area is 204 Å². The van der Waals surface area contributed by atoms with Gasteiger partial charge in [-0.3, -0.25) is 24.6 Å². The number of nitrogens with one attached hydrogen (secondary N) is 1. The average Bonchev–Trinajstić information content (AvgIpc) is 2.81. The number of benzene rings is 2. The lowest BCUT2D eigenvalue weighted by Crippen LogP contribution is -2.50. The Morgan fingerprint density at radius 1 is 1.12 bits per heavy atom. The zero-order valence-electron chi connectivity index (χ0n) is 17.6. The van der Waals surface area contributed by atoms with Crippen molar-refractivity contribution in [1.82, 2.24) is 5.43 Å². The van der Waals surface area contributed by atoms with Gasteiger partial charge in [-0.05, 0) is 31.0 Å². The van der Waals surface area contributed by atoms with E-state index >= 15 is 0 Å². The topological polar surface area (TPSA) is 156 Å². The summed E-state index contributed by atoms with van der Waals surface area (Å²) >= 11 is 12.1. The number of amides is 1. The highest BCUT2D eigenvalue weighted by Crippen LogP contribution is 2.43. The van der Waals surface area contributed by atoms with Gasteiger partial charge < -0.3 is 14.9 Å². The van der Waals surface area contributed by atoms with E-state index in [0.717, 1.165) is 0 Å². The molecule has 0 saturated heterocycles. The number of carboxylic acid groups (broad SMARTS) is 2. The van der Waals surface area contributed by atoms with Crippen LogP contribution in [-0.2, 0) is 16.2 Å². The van der Waals surface area contributed by atoms with E-state index in [9.17, 15) is 29.4 Å². The van der Waals surface area contributed by atoms with Gasteiger partial charge in [0.25, 0.3) is 5.91 Å². The van der Waals surface area contributed by atoms with Crippen LogP contribution in [0.2, 0.25) is 10.0 Å². The quantitative estimate of drug-likeness (QED) is 0.106. The van der Waals surface area contributed by atoms with Crippen LogP contribution in [0.3, 0.4) is 0 Å². The Kier molecular flexibility index (Phi) is 7.61. The smallest absolute Gasteiger partial charge is 0.318 e. The first-order valence-electron chi connectivity index (χ1n) is 10.00. The molecular formula is C23H20Cl2N2O7. The summed E-state index contributed by atoms with van der Waals surface area (Å²) in [4.78, 5) is 50.5. The van der Waals surface area contributed by atoms with E-state index in [4.69, 9.17) is 33.8 Å². The molecule has 2 aromatic rings. The van der Waals surface area contributed by atoms with Crippen LogP contribution in [0.25, 0.3) is 0 Å². The Balaban J connectivity index is 2.09. The fourth-order valence-electron chi connectivity index (χ4n) is 3.92. The Bertz CT molecular complexity index is 1200. The van der Waals surface area contributed by atoms with E-state index in [1.807, 2.05) is 5.43 Å². The molecule has 0 fully saturated rings. The van der Waals surface area contributed by atoms with Crippen molar-refractivity contribution < 1.29 is 34.1 Å². The Morgan fingerprint density at radius 2 is 1.85 bits per heavy atom. The number of ketones is 1. The lowest BCUT2D eigenvalue weighted by molar-refractivity contribution is -0.159. The molecule has 0 spiro atoms. The first kappa shape index (κ1) is 25.2. The number of aliphatic carboxylic acids is 2. The van der Waals surface area contributed by atoms with E-state index in [-0.39, 0.29) is 36.3 Å². The monoisotopic (exact) mass is 506 g/mol. The van der Waals surface area contributed by atoms with E-state index in [0.29, 0.717) is 15.6 Å². The number of nitrogens with two attached hydrogens (primary N) is 1. The second-order valence-corrected chi connectivity index (χ2v) is 8.43. The summed E-state index contributed by atoms with van der Waals surface area (Å²) in [6.07, 6.45) is 2.44. The highest BCUT2D eigenvalue weighted by atomic mass is 35.5. The lowest BCUT2D eigenvalue weighted by atomic mass is 9.64. The van der Waals surface area contributed by atoms with Crippen molar-refractivity contribution in [3.63, 3.8) is 0 Å². The molecule has 1 aliphatic carbocycles. The Morgan fingerprint density at radius 3 is 2.47 bits per heavy atom. The minimum absolute atomic E-state index is 0.0708. The number of ether oxygens (including phenoxy) is 1. The van der Waals surface area contributed by atoms with Crippen LogP contribution in [0.5, 0.6) is 5.75 Å². The van der Waals surface area contributed by atoms with Gasteiger partial charge in [0.15, 0.2) is 5.78 Å². The molecule has 2 atom stereocenters. The van der Waals surface area contributed by atoms with Crippen LogP contribution in [0, 0.1) is 11.3 Å². The third-order valence-electron chi connectivity index (χ3n) is 5.69. The summed E-state index contributed by atoms with van der Waals surface area (Å²) in [7, 11) is 0. The van der Waals surface area contributed by atoms with Crippen molar-refractivity contribution in [2.75, 3.05) is 0 Å². The fraction of sp³-hybridized carbons (Fsp3) is 0.217. The number of hydrazine groups is 1. The molecule has 0 radical (unpaired) electrons. The zero-order valence-corrected chi connectivity index (χ0v) is 19.1. The Hall–Kier alpha value is -3.40. The first-order valence-corrected chi connectivity index (χ1v) is 10.8. The number of rotatable bonds is 8. The molecule has 178 valence electrons. The number of carbonyl (C=O) groups is 4. The van der Waals surface area contributed by atoms with Gasteiger partial charge >= 0.3 is 11.9 Å². The van der Waals surface area contributed by atoms with Gasteiger partial charge in [-0.25, -0.2) is 5.84 Å². The number of hydrogen-bond acceptors (Lipinski definition) is 6. The molecule has 2 aromatic carbocycles. The van der Waals surface area contributed by atoms with Gasteiger partial charge in [0.05, 0.1) is 11.5 Å². The minimum atomic E-state index is -2.32. The number of carbonyl (C=O) groups excluding carboxylic acids is 2. The van der Waals surface area contributed by atoms with Crippen molar-refractivity contribution in [3.8, 4) is 5.75 Å². The number of hydrogen-bond donors (Lipinski definition) is 4. The van der Waals surface area contributed by atoms with Crippen molar-refractivity contribution in [1.29, 1.82) is 0 Å². The SMILES string of the molecule is NNC(=O)c1c(OCc2ccc(Cl)cc2Cl)cccc1C(=O)C1(C(=O)O)CC=CCC1C(=O)O. The normalized spacial score (nSPS) is 19.3. The van der Waals surface area contributed by atoms with Crippen LogP contribution >= 0.6 is 23.2 Å². The summed E-state index contributed by atoms with van der Waals surface area (Å²) in [5.74, 6) is -1.28. The molecule has 3 rings (SSSR count). The number of halogens is 2. The van der Waals surface area contributed by atoms with E-state index < -0.39 is 35.0 Å². The summed E-state index contributed by atoms with van der Waals surface area (Å²) < 4.78 is 5.74. The van der Waals surface area contributed by atoms with Crippen LogP contribution in [0.4, 0.5) is 0 Å². The molecule has 0 bridgehead atoms. The maximum Gasteiger partial charge on any atom is 0.318 e. The molecule has 2 unspecified atom stereocenters. The van der Waals surface area contributed by atoms with Gasteiger partial charge in [-0.1, -0.05) is 53.6 Å². The molecule has 0 aromatic heterocycles. The second kappa shape index (κ2) is 10.3. The lowest BCUT2D eigenvalue weighted by Gasteiger charge is -2.35. The van der Waals surface area contributed by atoms with E-state index in [1.54, 1.807) is 12.1 Å². The standard InChI is InChI=1S/C23H20Cl2N2O7/c24-13-8-7-12(16(25)10-13)11-34-17-6-3-4-14(18(17)20(29)27-26)19(28)23(22(32)33)9-2-1-5-15(23)21(30)31/h1-4,6-8,10,15H,5,9,11,26H2,(H,27,29)(H,30,31)(H,32,33). The van der Waals surface area contributed by atoms with Crippen LogP contribution in [0.1, 0.15) is 39.1 Å². The minimum Gasteiger partial charge on any atom is -0.488 e. The summed E-state index contributed by atoms with van der Waals surface area (Å²) in [6, 6.07) is 8.75. The van der Waals surface area contributed by atoms with Crippen LogP contribution in [0.15, 0.2) is 48.6 Å². The average molecular weight is 507 g/mol. The van der Waals surface area contributed by atoms with E-state index in [2.05, 4.69) is 0 Å². The van der Waals surface area contributed by atoms with Crippen molar-refractivity contribution in [2.24, 2.45) is 17.2 Å². The molecular weight excluding hydrogens is 487 g/mol. The zero-order chi connectivity index (χ0) is 25.0. The van der Waals surface area contributed by atoms with Crippen molar-refractivity contribution in [3.05, 3.63) is 75.3 Å². The molecule has 5 N–H and O–H groups in total. The van der Waals surface area contributed by atoms with Crippen molar-refractivity contribution >= 4 is 46.8 Å². The molecule has 9 nitrogen and oxygen atoms in total. The number of carboxylic acids is 2. The first-order chi connectivity index (χ1) is 16.1. The largest absolute Gasteiger partial charge is 0.488 e. The molecule has 0 aliphatic heterocycles. The summed E-state index contributed by atoms with van der Waals surface area (Å²) in [5.41, 5.74) is -0.510. The predicted octanol–water partition coefficient (Wildman–Crippen LogP) is 3.48. The fourth-order valence-corrected chi connectivity index (χ4v) is 4.39. The summed E-state index contributed by atoms with van der Waals surface area (Å²) in [5, 5.41) is 20.4. The highest BCUT2D eigenvalue weighted by Gasteiger charge is 2.56. The van der Waals surface area contributed by atoms with E-state index in [1.165, 1.54) is 36.4 Å². The number of Topliss-reactive ketones (excluding diaryl/α,β-unsaturated/α-hetero) is 1. The van der Waals surface area contributed by atoms with Crippen LogP contribution in [-0.4, -0.2) is 33.8 Å². The maximum absolute atomic E-state index is 13.6. The molecule has 1 aliphatic rings. The third-order valence-corrected chi connectivity index (χ3v) is 6.27. The predicted molar refractivity (Wildman–Crippen MR) is 123 cm³/mol. The maximum atomic E-state index is 13.6. The number of nitrogen functional groups attached to an aromatic ring is 1. The van der Waals surface area contributed by atoms with Crippen molar-refractivity contribution in [2.45, 2.75) is 19.4 Å². The third kappa shape index (κ3) is 4.63. The number of allylic oxidation sites excluding steroid dienone is 2. The molecule has 34 heavy (non-hydrogen) atoms. The van der Waals surface area contributed by atoms with Gasteiger partial charge in [0.2, 0.25) is 0 Å². The molecule has 1 amide bonds. The van der Waals surface area contributed by atoms with Gasteiger partial charge in [-0.2, -0.15) is 0 Å². The summed E-state index contributed by atoms with van der Waals surface area (Å²) in [6.45, 7) is -0.108. The molecule has 0 saturated carbocycles. The molecule has 0 heterocycles. The second-order valence-electron chi connectivity index (χ2n) is 7.58. The van der Waals surface area contributed by atoms with Crippen LogP contribution < -0.4 is 16.0 Å². The molecule has 11 heteroatoms. The van der Waals surface area contributed by atoms with Gasteiger partial charge in [0.1, 0.15) is 17.8 Å². The van der Waals surface area contributed by atoms with Gasteiger partial charge in [0, 0.05) is 21.2 Å². The van der Waals surface area contributed by atoms with Gasteiger partial charge in [-0.15, -0.1) is 0 Å².